The molecule has 0 saturated carbocycles. The van der Waals surface area contributed by atoms with Crippen LogP contribution in [0.1, 0.15) is 17.4 Å². The first-order valence-electron chi connectivity index (χ1n) is 7.78. The molecule has 120 valence electrons. The number of rotatable bonds is 4. The SMILES string of the molecule is Cc1cnc(CN2CC(n3cc(N4CCNC4=O)cn3)C2)cn1. The van der Waals surface area contributed by atoms with Crippen LogP contribution in [0.25, 0.3) is 0 Å². The molecule has 0 aliphatic carbocycles. The highest BCUT2D eigenvalue weighted by molar-refractivity contribution is 5.93. The van der Waals surface area contributed by atoms with Gasteiger partial charge in [0.15, 0.2) is 0 Å². The average molecular weight is 313 g/mol. The van der Waals surface area contributed by atoms with E-state index in [1.54, 1.807) is 17.3 Å². The van der Waals surface area contributed by atoms with Gasteiger partial charge in [-0.05, 0) is 6.92 Å². The number of likely N-dealkylation sites (tertiary alicyclic amines) is 1. The minimum atomic E-state index is -0.0438. The van der Waals surface area contributed by atoms with Crippen molar-refractivity contribution < 1.29 is 4.79 Å². The van der Waals surface area contributed by atoms with Gasteiger partial charge in [0.05, 0.1) is 29.3 Å². The maximum atomic E-state index is 11.7. The Kier molecular flexibility index (Phi) is 3.45. The fraction of sp³-hybridized carbons (Fsp3) is 0.467. The lowest BCUT2D eigenvalue weighted by Crippen LogP contribution is -2.47. The Labute approximate surface area is 134 Å². The molecule has 0 unspecified atom stereocenters. The summed E-state index contributed by atoms with van der Waals surface area (Å²) in [6, 6.07) is 0.311. The molecular weight excluding hydrogens is 294 g/mol. The van der Waals surface area contributed by atoms with E-state index in [0.29, 0.717) is 19.1 Å². The van der Waals surface area contributed by atoms with Gasteiger partial charge in [0.1, 0.15) is 0 Å². The van der Waals surface area contributed by atoms with Gasteiger partial charge in [-0.25, -0.2) is 4.79 Å². The smallest absolute Gasteiger partial charge is 0.322 e. The van der Waals surface area contributed by atoms with Gasteiger partial charge in [0, 0.05) is 51.3 Å². The number of aryl methyl sites for hydroxylation is 1. The molecule has 0 spiro atoms. The third kappa shape index (κ3) is 2.77. The van der Waals surface area contributed by atoms with Crippen LogP contribution in [0.15, 0.2) is 24.8 Å². The highest BCUT2D eigenvalue weighted by Gasteiger charge is 2.30. The molecule has 1 N–H and O–H groups in total. The topological polar surface area (TPSA) is 79.2 Å². The van der Waals surface area contributed by atoms with Gasteiger partial charge < -0.3 is 5.32 Å². The van der Waals surface area contributed by atoms with E-state index < -0.39 is 0 Å². The quantitative estimate of drug-likeness (QED) is 0.892. The molecule has 0 aromatic carbocycles. The third-order valence-corrected chi connectivity index (χ3v) is 4.29. The first kappa shape index (κ1) is 14.1. The summed E-state index contributed by atoms with van der Waals surface area (Å²) < 4.78 is 1.96. The number of nitrogens with zero attached hydrogens (tertiary/aromatic N) is 6. The zero-order chi connectivity index (χ0) is 15.8. The van der Waals surface area contributed by atoms with Gasteiger partial charge >= 0.3 is 6.03 Å². The summed E-state index contributed by atoms with van der Waals surface area (Å²) in [5, 5.41) is 7.21. The van der Waals surface area contributed by atoms with Crippen molar-refractivity contribution in [1.82, 2.24) is 30.0 Å². The molecule has 2 amide bonds. The average Bonchev–Trinajstić information content (AvgIpc) is 3.13. The van der Waals surface area contributed by atoms with Crippen LogP contribution in [0, 0.1) is 6.92 Å². The van der Waals surface area contributed by atoms with Crippen molar-refractivity contribution in [1.29, 1.82) is 0 Å². The Hall–Kier alpha value is -2.48. The van der Waals surface area contributed by atoms with Crippen molar-refractivity contribution in [3.05, 3.63) is 36.2 Å². The van der Waals surface area contributed by atoms with E-state index in [-0.39, 0.29) is 6.03 Å². The molecule has 4 heterocycles. The summed E-state index contributed by atoms with van der Waals surface area (Å²) in [5.41, 5.74) is 2.79. The highest BCUT2D eigenvalue weighted by atomic mass is 16.2. The van der Waals surface area contributed by atoms with Crippen molar-refractivity contribution in [3.63, 3.8) is 0 Å². The molecule has 0 radical (unpaired) electrons. The Bertz CT molecular complexity index is 705. The van der Waals surface area contributed by atoms with Crippen LogP contribution >= 0.6 is 0 Å². The Balaban J connectivity index is 1.34. The number of hydrogen-bond donors (Lipinski definition) is 1. The number of anilines is 1. The second-order valence-corrected chi connectivity index (χ2v) is 6.06. The summed E-state index contributed by atoms with van der Waals surface area (Å²) in [5.74, 6) is 0. The molecule has 8 heteroatoms. The number of urea groups is 1. The second kappa shape index (κ2) is 5.62. The molecule has 2 saturated heterocycles. The van der Waals surface area contributed by atoms with Crippen molar-refractivity contribution in [2.75, 3.05) is 31.1 Å². The molecule has 2 aromatic rings. The van der Waals surface area contributed by atoms with Gasteiger partial charge in [-0.1, -0.05) is 0 Å². The van der Waals surface area contributed by atoms with E-state index in [0.717, 1.165) is 36.7 Å². The fourth-order valence-corrected chi connectivity index (χ4v) is 2.95. The number of carbonyl (C=O) groups is 1. The molecular formula is C15H19N7O. The monoisotopic (exact) mass is 313 g/mol. The van der Waals surface area contributed by atoms with E-state index in [1.165, 1.54) is 0 Å². The minimum Gasteiger partial charge on any atom is -0.336 e. The second-order valence-electron chi connectivity index (χ2n) is 6.06. The molecule has 2 aliphatic heterocycles. The van der Waals surface area contributed by atoms with E-state index in [4.69, 9.17) is 0 Å². The number of nitrogens with one attached hydrogen (secondary N) is 1. The zero-order valence-corrected chi connectivity index (χ0v) is 13.0. The van der Waals surface area contributed by atoms with Crippen molar-refractivity contribution in [3.8, 4) is 0 Å². The van der Waals surface area contributed by atoms with Gasteiger partial charge in [0.2, 0.25) is 0 Å². The lowest BCUT2D eigenvalue weighted by Gasteiger charge is -2.38. The van der Waals surface area contributed by atoms with Crippen LogP contribution in [-0.4, -0.2) is 56.9 Å². The van der Waals surface area contributed by atoms with Crippen molar-refractivity contribution in [2.45, 2.75) is 19.5 Å². The molecule has 2 aromatic heterocycles. The molecule has 2 fully saturated rings. The standard InChI is InChI=1S/C15H19N7O/c1-11-4-18-12(5-17-11)7-20-8-14(9-20)22-10-13(6-19-22)21-3-2-16-15(21)23/h4-6,10,14H,2-3,7-9H2,1H3,(H,16,23). The van der Waals surface area contributed by atoms with Crippen LogP contribution in [0.4, 0.5) is 10.5 Å². The lowest BCUT2D eigenvalue weighted by molar-refractivity contribution is 0.0894. The molecule has 4 rings (SSSR count). The third-order valence-electron chi connectivity index (χ3n) is 4.29. The summed E-state index contributed by atoms with van der Waals surface area (Å²) in [6.45, 7) is 6.01. The number of carbonyl (C=O) groups excluding carboxylic acids is 1. The molecule has 8 nitrogen and oxygen atoms in total. The summed E-state index contributed by atoms with van der Waals surface area (Å²) in [6.07, 6.45) is 7.35. The molecule has 23 heavy (non-hydrogen) atoms. The van der Waals surface area contributed by atoms with Crippen LogP contribution in [0.2, 0.25) is 0 Å². The van der Waals surface area contributed by atoms with Crippen molar-refractivity contribution >= 4 is 11.7 Å². The zero-order valence-electron chi connectivity index (χ0n) is 13.0. The Morgan fingerprint density at radius 2 is 2.13 bits per heavy atom. The lowest BCUT2D eigenvalue weighted by atomic mass is 10.1. The number of amides is 2. The van der Waals surface area contributed by atoms with Crippen LogP contribution in [0.5, 0.6) is 0 Å². The van der Waals surface area contributed by atoms with E-state index in [9.17, 15) is 4.79 Å². The predicted octanol–water partition coefficient (Wildman–Crippen LogP) is 0.568. The summed E-state index contributed by atoms with van der Waals surface area (Å²) in [7, 11) is 0. The van der Waals surface area contributed by atoms with Crippen LogP contribution in [0.3, 0.4) is 0 Å². The fourth-order valence-electron chi connectivity index (χ4n) is 2.95. The first-order valence-corrected chi connectivity index (χ1v) is 7.78. The largest absolute Gasteiger partial charge is 0.336 e. The van der Waals surface area contributed by atoms with E-state index >= 15 is 0 Å². The molecule has 0 atom stereocenters. The highest BCUT2D eigenvalue weighted by Crippen LogP contribution is 2.24. The van der Waals surface area contributed by atoms with Gasteiger partial charge in [0.25, 0.3) is 0 Å². The number of hydrogen-bond acceptors (Lipinski definition) is 5. The maximum Gasteiger partial charge on any atom is 0.322 e. The minimum absolute atomic E-state index is 0.0438. The maximum absolute atomic E-state index is 11.7. The van der Waals surface area contributed by atoms with Crippen LogP contribution in [-0.2, 0) is 6.54 Å². The molecule has 0 bridgehead atoms. The van der Waals surface area contributed by atoms with Crippen molar-refractivity contribution in [2.24, 2.45) is 0 Å². The van der Waals surface area contributed by atoms with Crippen LogP contribution < -0.4 is 10.2 Å². The summed E-state index contributed by atoms with van der Waals surface area (Å²) >= 11 is 0. The van der Waals surface area contributed by atoms with Gasteiger partial charge in [-0.2, -0.15) is 5.10 Å². The first-order chi connectivity index (χ1) is 11.2. The Morgan fingerprint density at radius 1 is 1.26 bits per heavy atom. The van der Waals surface area contributed by atoms with Gasteiger partial charge in [-0.15, -0.1) is 0 Å². The normalized spacial score (nSPS) is 19.0. The Morgan fingerprint density at radius 3 is 2.83 bits per heavy atom. The number of aromatic nitrogens is 4. The molecule has 2 aliphatic rings. The summed E-state index contributed by atoms with van der Waals surface area (Å²) in [4.78, 5) is 24.4. The van der Waals surface area contributed by atoms with E-state index in [1.807, 2.05) is 24.0 Å². The van der Waals surface area contributed by atoms with Gasteiger partial charge in [-0.3, -0.25) is 24.4 Å². The predicted molar refractivity (Wildman–Crippen MR) is 84.1 cm³/mol. The van der Waals surface area contributed by atoms with E-state index in [2.05, 4.69) is 25.3 Å².